The van der Waals surface area contributed by atoms with E-state index in [1.807, 2.05) is 13.8 Å². The average Bonchev–Trinajstić information content (AvgIpc) is 2.81. The summed E-state index contributed by atoms with van der Waals surface area (Å²) in [7, 11) is 0. The molecule has 21 heavy (non-hydrogen) atoms. The van der Waals surface area contributed by atoms with E-state index in [0.29, 0.717) is 12.3 Å². The van der Waals surface area contributed by atoms with E-state index in [2.05, 4.69) is 15.6 Å². The fourth-order valence-electron chi connectivity index (χ4n) is 1.58. The van der Waals surface area contributed by atoms with Crippen LogP contribution in [0, 0.1) is 5.92 Å². The van der Waals surface area contributed by atoms with Gasteiger partial charge < -0.3 is 15.7 Å². The minimum atomic E-state index is -4.47. The zero-order chi connectivity index (χ0) is 16.0. The van der Waals surface area contributed by atoms with Crippen LogP contribution in [0.15, 0.2) is 5.38 Å². The second-order valence-electron chi connectivity index (χ2n) is 4.97. The standard InChI is InChI=1S/C12H18F3N3O2S/c1-7(2)3-8(19)4-16-11(20)17-5-10-18-9(6-21-10)12(13,14)15/h6-8,19H,3-5H2,1-2H3,(H2,16,17,20). The Morgan fingerprint density at radius 1 is 1.43 bits per heavy atom. The van der Waals surface area contributed by atoms with Gasteiger partial charge in [-0.2, -0.15) is 13.2 Å². The van der Waals surface area contributed by atoms with Gasteiger partial charge in [0.25, 0.3) is 0 Å². The molecule has 0 radical (unpaired) electrons. The molecule has 0 aliphatic heterocycles. The Hall–Kier alpha value is -1.35. The Balaban J connectivity index is 2.32. The summed E-state index contributed by atoms with van der Waals surface area (Å²) in [6, 6.07) is -0.554. The lowest BCUT2D eigenvalue weighted by Crippen LogP contribution is -2.39. The topological polar surface area (TPSA) is 74.2 Å². The van der Waals surface area contributed by atoms with E-state index in [1.165, 1.54) is 0 Å². The minimum absolute atomic E-state index is 0.0904. The third-order valence-corrected chi connectivity index (χ3v) is 3.33. The van der Waals surface area contributed by atoms with E-state index in [1.54, 1.807) is 0 Å². The molecule has 0 aliphatic carbocycles. The lowest BCUT2D eigenvalue weighted by Gasteiger charge is -2.14. The summed E-state index contributed by atoms with van der Waals surface area (Å²) >= 11 is 0.828. The lowest BCUT2D eigenvalue weighted by molar-refractivity contribution is -0.140. The van der Waals surface area contributed by atoms with Gasteiger partial charge in [-0.1, -0.05) is 13.8 Å². The van der Waals surface area contributed by atoms with E-state index in [0.717, 1.165) is 16.7 Å². The zero-order valence-electron chi connectivity index (χ0n) is 11.7. The molecule has 0 saturated heterocycles. The van der Waals surface area contributed by atoms with Crippen molar-refractivity contribution in [3.05, 3.63) is 16.1 Å². The highest BCUT2D eigenvalue weighted by molar-refractivity contribution is 7.09. The van der Waals surface area contributed by atoms with Crippen molar-refractivity contribution in [2.24, 2.45) is 5.92 Å². The normalized spacial score (nSPS) is 13.3. The van der Waals surface area contributed by atoms with E-state index >= 15 is 0 Å². The summed E-state index contributed by atoms with van der Waals surface area (Å²) < 4.78 is 37.0. The number of halogens is 3. The van der Waals surface area contributed by atoms with Gasteiger partial charge in [-0.25, -0.2) is 9.78 Å². The molecule has 1 heterocycles. The highest BCUT2D eigenvalue weighted by atomic mass is 32.1. The van der Waals surface area contributed by atoms with Gasteiger partial charge in [0.2, 0.25) is 0 Å². The van der Waals surface area contributed by atoms with Crippen molar-refractivity contribution in [2.75, 3.05) is 6.54 Å². The number of aromatic nitrogens is 1. The molecule has 1 atom stereocenters. The molecule has 1 unspecified atom stereocenters. The lowest BCUT2D eigenvalue weighted by atomic mass is 10.1. The van der Waals surface area contributed by atoms with Gasteiger partial charge in [0, 0.05) is 11.9 Å². The van der Waals surface area contributed by atoms with Gasteiger partial charge in [0.05, 0.1) is 12.6 Å². The Labute approximate surface area is 124 Å². The van der Waals surface area contributed by atoms with Gasteiger partial charge in [0.15, 0.2) is 5.69 Å². The van der Waals surface area contributed by atoms with E-state index in [4.69, 9.17) is 0 Å². The fourth-order valence-corrected chi connectivity index (χ4v) is 2.32. The number of amides is 2. The predicted octanol–water partition coefficient (Wildman–Crippen LogP) is 2.37. The van der Waals surface area contributed by atoms with Gasteiger partial charge in [-0.05, 0) is 12.3 Å². The number of hydrogen-bond donors (Lipinski definition) is 3. The highest BCUT2D eigenvalue weighted by Crippen LogP contribution is 2.29. The number of carbonyl (C=O) groups is 1. The first kappa shape index (κ1) is 17.7. The first-order valence-corrected chi connectivity index (χ1v) is 7.27. The first-order valence-electron chi connectivity index (χ1n) is 6.40. The van der Waals surface area contributed by atoms with Crippen LogP contribution in [0.25, 0.3) is 0 Å². The second-order valence-corrected chi connectivity index (χ2v) is 5.91. The number of thiazole rings is 1. The summed E-state index contributed by atoms with van der Waals surface area (Å²) in [5.74, 6) is 0.306. The maximum absolute atomic E-state index is 12.3. The molecule has 120 valence electrons. The van der Waals surface area contributed by atoms with Gasteiger partial charge >= 0.3 is 12.2 Å². The molecule has 0 fully saturated rings. The Morgan fingerprint density at radius 3 is 2.62 bits per heavy atom. The number of nitrogens with zero attached hydrogens (tertiary/aromatic N) is 1. The van der Waals surface area contributed by atoms with Crippen molar-refractivity contribution in [1.29, 1.82) is 0 Å². The Morgan fingerprint density at radius 2 is 2.10 bits per heavy atom. The summed E-state index contributed by atoms with van der Waals surface area (Å²) in [6.07, 6.45) is -4.56. The molecule has 5 nitrogen and oxygen atoms in total. The van der Waals surface area contributed by atoms with E-state index < -0.39 is 24.0 Å². The third kappa shape index (κ3) is 6.76. The van der Waals surface area contributed by atoms with E-state index in [9.17, 15) is 23.1 Å². The fraction of sp³-hybridized carbons (Fsp3) is 0.667. The molecule has 0 spiro atoms. The number of urea groups is 1. The maximum atomic E-state index is 12.3. The summed E-state index contributed by atoms with van der Waals surface area (Å²) in [5.41, 5.74) is -0.961. The SMILES string of the molecule is CC(C)CC(O)CNC(=O)NCc1nc(C(F)(F)F)cs1. The number of carbonyl (C=O) groups excluding carboxylic acids is 1. The molecular formula is C12H18F3N3O2S. The van der Waals surface area contributed by atoms with Crippen LogP contribution in [-0.4, -0.2) is 28.8 Å². The number of alkyl halides is 3. The number of rotatable bonds is 6. The summed E-state index contributed by atoms with van der Waals surface area (Å²) in [4.78, 5) is 14.8. The zero-order valence-corrected chi connectivity index (χ0v) is 12.5. The molecule has 1 aromatic heterocycles. The quantitative estimate of drug-likeness (QED) is 0.752. The van der Waals surface area contributed by atoms with Crippen LogP contribution < -0.4 is 10.6 Å². The molecular weight excluding hydrogens is 307 g/mol. The smallest absolute Gasteiger partial charge is 0.391 e. The van der Waals surface area contributed by atoms with Gasteiger partial charge in [-0.15, -0.1) is 11.3 Å². The number of hydrogen-bond acceptors (Lipinski definition) is 4. The minimum Gasteiger partial charge on any atom is -0.391 e. The average molecular weight is 325 g/mol. The summed E-state index contributed by atoms with van der Waals surface area (Å²) in [6.45, 7) is 3.90. The van der Waals surface area contributed by atoms with Crippen LogP contribution in [-0.2, 0) is 12.7 Å². The van der Waals surface area contributed by atoms with Crippen molar-refractivity contribution in [1.82, 2.24) is 15.6 Å². The largest absolute Gasteiger partial charge is 0.434 e. The summed E-state index contributed by atoms with van der Waals surface area (Å²) in [5, 5.41) is 15.5. The van der Waals surface area contributed by atoms with Crippen LogP contribution in [0.3, 0.4) is 0 Å². The van der Waals surface area contributed by atoms with Crippen LogP contribution in [0.5, 0.6) is 0 Å². The molecule has 0 aromatic carbocycles. The maximum Gasteiger partial charge on any atom is 0.434 e. The van der Waals surface area contributed by atoms with Crippen LogP contribution in [0.2, 0.25) is 0 Å². The van der Waals surface area contributed by atoms with Crippen molar-refractivity contribution >= 4 is 17.4 Å². The second kappa shape index (κ2) is 7.60. The molecule has 2 amide bonds. The molecule has 0 bridgehead atoms. The number of aliphatic hydroxyl groups is 1. The predicted molar refractivity (Wildman–Crippen MR) is 72.8 cm³/mol. The number of aliphatic hydroxyl groups excluding tert-OH is 1. The Bertz CT molecular complexity index is 463. The molecule has 0 aliphatic rings. The van der Waals surface area contributed by atoms with E-state index in [-0.39, 0.29) is 18.1 Å². The highest BCUT2D eigenvalue weighted by Gasteiger charge is 2.33. The molecule has 1 aromatic rings. The van der Waals surface area contributed by atoms with Crippen molar-refractivity contribution < 1.29 is 23.1 Å². The first-order chi connectivity index (χ1) is 9.68. The molecule has 9 heteroatoms. The number of nitrogens with one attached hydrogen (secondary N) is 2. The van der Waals surface area contributed by atoms with Crippen LogP contribution in [0.1, 0.15) is 31.0 Å². The Kier molecular flexibility index (Phi) is 6.41. The molecule has 1 rings (SSSR count). The van der Waals surface area contributed by atoms with Crippen molar-refractivity contribution in [3.63, 3.8) is 0 Å². The van der Waals surface area contributed by atoms with Crippen LogP contribution in [0.4, 0.5) is 18.0 Å². The molecule has 0 saturated carbocycles. The monoisotopic (exact) mass is 325 g/mol. The van der Waals surface area contributed by atoms with Gasteiger partial charge in [-0.3, -0.25) is 0 Å². The molecule has 3 N–H and O–H groups in total. The van der Waals surface area contributed by atoms with Crippen molar-refractivity contribution in [3.8, 4) is 0 Å². The third-order valence-electron chi connectivity index (χ3n) is 2.48. The van der Waals surface area contributed by atoms with Crippen LogP contribution >= 0.6 is 11.3 Å². The van der Waals surface area contributed by atoms with Crippen molar-refractivity contribution in [2.45, 2.75) is 39.1 Å². The van der Waals surface area contributed by atoms with Gasteiger partial charge in [0.1, 0.15) is 5.01 Å².